The largest absolute Gasteiger partial charge is 0.507 e. The molecule has 0 fully saturated rings. The number of aliphatic imine (C=N–C) groups is 1. The van der Waals surface area contributed by atoms with Gasteiger partial charge >= 0.3 is 0 Å². The fraction of sp³-hybridized carbons (Fsp3) is 0.385. The fourth-order valence-electron chi connectivity index (χ4n) is 1.58. The molecule has 0 heterocycles. The molecule has 0 bridgehead atoms. The van der Waals surface area contributed by atoms with E-state index >= 15 is 0 Å². The molecule has 0 atom stereocenters. The molecule has 0 aliphatic heterocycles. The first-order valence-electron chi connectivity index (χ1n) is 6.23. The Kier molecular flexibility index (Phi) is 6.21. The van der Waals surface area contributed by atoms with E-state index in [-0.39, 0.29) is 17.6 Å². The second kappa shape index (κ2) is 7.97. The monoisotopic (exact) mass is 264 g/mol. The fourth-order valence-corrected chi connectivity index (χ4v) is 1.58. The number of hydrogen-bond donors (Lipinski definition) is 4. The van der Waals surface area contributed by atoms with E-state index in [1.165, 1.54) is 6.07 Å². The molecule has 6 heteroatoms. The van der Waals surface area contributed by atoms with Crippen LogP contribution in [0.25, 0.3) is 0 Å². The van der Waals surface area contributed by atoms with E-state index in [2.05, 4.69) is 10.3 Å². The van der Waals surface area contributed by atoms with Crippen molar-refractivity contribution >= 4 is 11.9 Å². The lowest BCUT2D eigenvalue weighted by Crippen LogP contribution is -2.24. The van der Waals surface area contributed by atoms with Gasteiger partial charge in [-0.25, -0.2) is 0 Å². The normalized spacial score (nSPS) is 9.89. The predicted octanol–water partition coefficient (Wildman–Crippen LogP) is 0.566. The molecular formula is C13H20N4O2. The highest BCUT2D eigenvalue weighted by Crippen LogP contribution is 2.14. The Morgan fingerprint density at radius 3 is 2.63 bits per heavy atom. The first-order chi connectivity index (χ1) is 9.11. The number of aromatic hydroxyl groups is 1. The summed E-state index contributed by atoms with van der Waals surface area (Å²) in [5.41, 5.74) is 10.7. The topological polar surface area (TPSA) is 114 Å². The summed E-state index contributed by atoms with van der Waals surface area (Å²) in [6.07, 6.45) is 2.65. The SMILES string of the molecule is NC(N)=NCCCCCNC(=O)c1ccccc1O. The Balaban J connectivity index is 2.18. The summed E-state index contributed by atoms with van der Waals surface area (Å²) in [5, 5.41) is 12.3. The molecule has 1 amide bonds. The minimum atomic E-state index is -0.262. The van der Waals surface area contributed by atoms with E-state index in [9.17, 15) is 9.90 Å². The Bertz CT molecular complexity index is 442. The first kappa shape index (κ1) is 14.8. The smallest absolute Gasteiger partial charge is 0.255 e. The molecule has 6 N–H and O–H groups in total. The van der Waals surface area contributed by atoms with Gasteiger partial charge in [0.2, 0.25) is 0 Å². The number of nitrogens with zero attached hydrogens (tertiary/aromatic N) is 1. The van der Waals surface area contributed by atoms with Gasteiger partial charge in [-0.05, 0) is 31.4 Å². The van der Waals surface area contributed by atoms with Gasteiger partial charge in [-0.3, -0.25) is 9.79 Å². The molecule has 0 aliphatic rings. The molecular weight excluding hydrogens is 244 g/mol. The molecule has 1 aromatic carbocycles. The third kappa shape index (κ3) is 5.76. The maximum atomic E-state index is 11.7. The number of rotatable bonds is 7. The number of unbranched alkanes of at least 4 members (excludes halogenated alkanes) is 2. The third-order valence-electron chi connectivity index (χ3n) is 2.56. The molecule has 0 saturated carbocycles. The molecule has 104 valence electrons. The zero-order valence-electron chi connectivity index (χ0n) is 10.8. The van der Waals surface area contributed by atoms with Crippen LogP contribution in [0.15, 0.2) is 29.3 Å². The van der Waals surface area contributed by atoms with E-state index in [1.54, 1.807) is 18.2 Å². The number of carbonyl (C=O) groups is 1. The van der Waals surface area contributed by atoms with Crippen LogP contribution in [0.5, 0.6) is 5.75 Å². The highest BCUT2D eigenvalue weighted by molar-refractivity contribution is 5.96. The second-order valence-corrected chi connectivity index (χ2v) is 4.14. The van der Waals surface area contributed by atoms with Gasteiger partial charge in [0.25, 0.3) is 5.91 Å². The highest BCUT2D eigenvalue weighted by Gasteiger charge is 2.08. The van der Waals surface area contributed by atoms with Crippen molar-refractivity contribution in [2.24, 2.45) is 16.5 Å². The van der Waals surface area contributed by atoms with Crippen LogP contribution in [0.1, 0.15) is 29.6 Å². The summed E-state index contributed by atoms with van der Waals surface area (Å²) in [6.45, 7) is 1.17. The summed E-state index contributed by atoms with van der Waals surface area (Å²) in [6, 6.07) is 6.47. The molecule has 0 saturated heterocycles. The molecule has 19 heavy (non-hydrogen) atoms. The van der Waals surface area contributed by atoms with Crippen LogP contribution in [0, 0.1) is 0 Å². The number of benzene rings is 1. The second-order valence-electron chi connectivity index (χ2n) is 4.14. The van der Waals surface area contributed by atoms with Crippen molar-refractivity contribution < 1.29 is 9.90 Å². The maximum absolute atomic E-state index is 11.7. The third-order valence-corrected chi connectivity index (χ3v) is 2.56. The number of phenolic OH excluding ortho intramolecular Hbond substituents is 1. The molecule has 0 radical (unpaired) electrons. The summed E-state index contributed by atoms with van der Waals surface area (Å²) < 4.78 is 0. The Morgan fingerprint density at radius 2 is 1.95 bits per heavy atom. The number of nitrogens with one attached hydrogen (secondary N) is 1. The lowest BCUT2D eigenvalue weighted by Gasteiger charge is -2.06. The molecule has 1 aromatic rings. The molecule has 1 rings (SSSR count). The standard InChI is InChI=1S/C13H20N4O2/c14-13(15)17-9-5-1-4-8-16-12(19)10-6-2-3-7-11(10)18/h2-3,6-7,18H,1,4-5,8-9H2,(H,16,19)(H4,14,15,17). The van der Waals surface area contributed by atoms with Crippen LogP contribution in [0.2, 0.25) is 0 Å². The summed E-state index contributed by atoms with van der Waals surface area (Å²) in [7, 11) is 0. The van der Waals surface area contributed by atoms with Crippen LogP contribution < -0.4 is 16.8 Å². The van der Waals surface area contributed by atoms with Gasteiger partial charge in [-0.1, -0.05) is 12.1 Å². The van der Waals surface area contributed by atoms with Crippen molar-refractivity contribution in [3.8, 4) is 5.75 Å². The average molecular weight is 264 g/mol. The molecule has 0 aromatic heterocycles. The van der Waals surface area contributed by atoms with E-state index in [0.717, 1.165) is 19.3 Å². The Hall–Kier alpha value is -2.24. The van der Waals surface area contributed by atoms with E-state index in [4.69, 9.17) is 11.5 Å². The van der Waals surface area contributed by atoms with Gasteiger partial charge in [0.1, 0.15) is 5.75 Å². The number of amides is 1. The Morgan fingerprint density at radius 1 is 1.21 bits per heavy atom. The van der Waals surface area contributed by atoms with Crippen molar-refractivity contribution in [2.75, 3.05) is 13.1 Å². The van der Waals surface area contributed by atoms with Crippen molar-refractivity contribution in [3.05, 3.63) is 29.8 Å². The van der Waals surface area contributed by atoms with Crippen LogP contribution in [0.3, 0.4) is 0 Å². The number of guanidine groups is 1. The van der Waals surface area contributed by atoms with Gasteiger partial charge in [0.05, 0.1) is 5.56 Å². The van der Waals surface area contributed by atoms with Gasteiger partial charge < -0.3 is 21.9 Å². The number of hydrogen-bond acceptors (Lipinski definition) is 3. The van der Waals surface area contributed by atoms with Crippen molar-refractivity contribution in [3.63, 3.8) is 0 Å². The zero-order chi connectivity index (χ0) is 14.1. The lowest BCUT2D eigenvalue weighted by atomic mass is 10.2. The van der Waals surface area contributed by atoms with Gasteiger partial charge in [0.15, 0.2) is 5.96 Å². The number of nitrogens with two attached hydrogens (primary N) is 2. The minimum Gasteiger partial charge on any atom is -0.507 e. The van der Waals surface area contributed by atoms with Gasteiger partial charge in [0, 0.05) is 13.1 Å². The summed E-state index contributed by atoms with van der Waals surface area (Å²) >= 11 is 0. The quantitative estimate of drug-likeness (QED) is 0.327. The molecule has 0 aliphatic carbocycles. The number of phenols is 1. The van der Waals surface area contributed by atoms with Gasteiger partial charge in [-0.15, -0.1) is 0 Å². The predicted molar refractivity (Wildman–Crippen MR) is 75.0 cm³/mol. The molecule has 6 nitrogen and oxygen atoms in total. The van der Waals surface area contributed by atoms with Gasteiger partial charge in [-0.2, -0.15) is 0 Å². The van der Waals surface area contributed by atoms with Crippen molar-refractivity contribution in [1.29, 1.82) is 0 Å². The lowest BCUT2D eigenvalue weighted by molar-refractivity contribution is 0.0950. The van der Waals surface area contributed by atoms with Crippen LogP contribution >= 0.6 is 0 Å². The van der Waals surface area contributed by atoms with Crippen LogP contribution in [-0.4, -0.2) is 30.1 Å². The van der Waals surface area contributed by atoms with E-state index < -0.39 is 0 Å². The average Bonchev–Trinajstić information content (AvgIpc) is 2.37. The van der Waals surface area contributed by atoms with Crippen LogP contribution in [0.4, 0.5) is 0 Å². The van der Waals surface area contributed by atoms with E-state index in [1.807, 2.05) is 0 Å². The summed E-state index contributed by atoms with van der Waals surface area (Å²) in [5.74, 6) is -0.164. The first-order valence-corrected chi connectivity index (χ1v) is 6.23. The zero-order valence-corrected chi connectivity index (χ0v) is 10.8. The summed E-state index contributed by atoms with van der Waals surface area (Å²) in [4.78, 5) is 15.6. The van der Waals surface area contributed by atoms with Crippen LogP contribution in [-0.2, 0) is 0 Å². The number of carbonyl (C=O) groups excluding carboxylic acids is 1. The van der Waals surface area contributed by atoms with E-state index in [0.29, 0.717) is 18.7 Å². The molecule has 0 unspecified atom stereocenters. The minimum absolute atomic E-state index is 0.00671. The Labute approximate surface area is 112 Å². The maximum Gasteiger partial charge on any atom is 0.255 e. The highest BCUT2D eigenvalue weighted by atomic mass is 16.3. The van der Waals surface area contributed by atoms with Crippen molar-refractivity contribution in [1.82, 2.24) is 5.32 Å². The van der Waals surface area contributed by atoms with Crippen molar-refractivity contribution in [2.45, 2.75) is 19.3 Å². The number of para-hydroxylation sites is 1. The molecule has 0 spiro atoms.